The predicted octanol–water partition coefficient (Wildman–Crippen LogP) is 10.6. The number of amidine groups is 2. The summed E-state index contributed by atoms with van der Waals surface area (Å²) in [6.45, 7) is 0. The zero-order valence-electron chi connectivity index (χ0n) is 25.5. The number of furan rings is 1. The van der Waals surface area contributed by atoms with Gasteiger partial charge in [0, 0.05) is 33.0 Å². The second-order valence-electron chi connectivity index (χ2n) is 11.8. The molecule has 9 rings (SSSR count). The van der Waals surface area contributed by atoms with Gasteiger partial charge in [-0.05, 0) is 39.6 Å². The van der Waals surface area contributed by atoms with Crippen LogP contribution in [0.25, 0.3) is 55.0 Å². The van der Waals surface area contributed by atoms with E-state index >= 15 is 0 Å². The summed E-state index contributed by atoms with van der Waals surface area (Å²) in [7, 11) is 0. The minimum absolute atomic E-state index is 0.491. The Morgan fingerprint density at radius 3 is 1.85 bits per heavy atom. The lowest BCUT2D eigenvalue weighted by atomic mass is 9.97. The molecule has 0 fully saturated rings. The number of rotatable bonds is 5. The molecule has 0 saturated heterocycles. The van der Waals surface area contributed by atoms with E-state index < -0.39 is 6.17 Å². The standard InChI is InChI=1S/C43H29N3O/c1-3-11-28(12-4-1)30-19-22-32(23-20-30)41-44-42(34-24-21-29-13-7-8-16-33(29)27-34)46-43(45-41)37-26-25-35(31-14-5-2-6-15-31)40-39(37)36-17-9-10-18-38(36)47-40/h1-27,43H,(H,44,45,46). The molecular formula is C43H29N3O. The van der Waals surface area contributed by atoms with E-state index in [-0.39, 0.29) is 0 Å². The summed E-state index contributed by atoms with van der Waals surface area (Å²) in [6.07, 6.45) is -0.491. The van der Waals surface area contributed by atoms with Crippen LogP contribution in [-0.4, -0.2) is 11.7 Å². The zero-order valence-corrected chi connectivity index (χ0v) is 25.5. The first-order chi connectivity index (χ1) is 23.3. The lowest BCUT2D eigenvalue weighted by Crippen LogP contribution is -2.36. The SMILES string of the molecule is c1ccc(-c2ccc(C3=NC(c4ccc(-c5ccccc5)c5oc6ccccc6c45)N=C(c4ccc5ccccc5c4)N3)cc2)cc1. The van der Waals surface area contributed by atoms with E-state index in [1.54, 1.807) is 0 Å². The fraction of sp³-hybridized carbons (Fsp3) is 0.0233. The molecule has 8 aromatic rings. The third-order valence-corrected chi connectivity index (χ3v) is 8.95. The number of aliphatic imine (C=N–C) groups is 2. The van der Waals surface area contributed by atoms with Gasteiger partial charge in [-0.2, -0.15) is 0 Å². The van der Waals surface area contributed by atoms with Crippen LogP contribution in [0.4, 0.5) is 0 Å². The van der Waals surface area contributed by atoms with Crippen molar-refractivity contribution in [1.29, 1.82) is 0 Å². The van der Waals surface area contributed by atoms with Crippen LogP contribution in [0.3, 0.4) is 0 Å². The van der Waals surface area contributed by atoms with E-state index in [9.17, 15) is 0 Å². The number of hydrogen-bond donors (Lipinski definition) is 1. The topological polar surface area (TPSA) is 49.9 Å². The minimum Gasteiger partial charge on any atom is -0.455 e. The first kappa shape index (κ1) is 27.1. The molecule has 222 valence electrons. The van der Waals surface area contributed by atoms with Gasteiger partial charge in [-0.25, -0.2) is 9.98 Å². The van der Waals surface area contributed by atoms with Crippen molar-refractivity contribution in [1.82, 2.24) is 5.32 Å². The first-order valence-corrected chi connectivity index (χ1v) is 15.9. The van der Waals surface area contributed by atoms with Gasteiger partial charge in [-0.15, -0.1) is 0 Å². The summed E-state index contributed by atoms with van der Waals surface area (Å²) in [6, 6.07) is 56.9. The summed E-state index contributed by atoms with van der Waals surface area (Å²) >= 11 is 0. The Kier molecular flexibility index (Phi) is 6.50. The molecule has 0 saturated carbocycles. The van der Waals surface area contributed by atoms with Gasteiger partial charge in [0.1, 0.15) is 22.8 Å². The van der Waals surface area contributed by atoms with Crippen molar-refractivity contribution in [3.8, 4) is 22.3 Å². The van der Waals surface area contributed by atoms with Gasteiger partial charge in [-0.3, -0.25) is 0 Å². The van der Waals surface area contributed by atoms with Crippen molar-refractivity contribution in [2.45, 2.75) is 6.17 Å². The number of hydrogen-bond acceptors (Lipinski definition) is 4. The predicted molar refractivity (Wildman–Crippen MR) is 194 cm³/mol. The molecule has 47 heavy (non-hydrogen) atoms. The Morgan fingerprint density at radius 1 is 0.468 bits per heavy atom. The zero-order chi connectivity index (χ0) is 31.2. The van der Waals surface area contributed by atoms with Gasteiger partial charge in [0.15, 0.2) is 6.17 Å². The number of fused-ring (bicyclic) bond motifs is 4. The highest BCUT2D eigenvalue weighted by Crippen LogP contribution is 2.41. The molecule has 7 aromatic carbocycles. The quantitative estimate of drug-likeness (QED) is 0.213. The third kappa shape index (κ3) is 4.88. The highest BCUT2D eigenvalue weighted by molar-refractivity contribution is 6.17. The van der Waals surface area contributed by atoms with E-state index in [1.807, 2.05) is 24.3 Å². The van der Waals surface area contributed by atoms with Crippen molar-refractivity contribution < 1.29 is 4.42 Å². The van der Waals surface area contributed by atoms with Crippen LogP contribution < -0.4 is 5.32 Å². The third-order valence-electron chi connectivity index (χ3n) is 8.95. The van der Waals surface area contributed by atoms with Gasteiger partial charge in [-0.1, -0.05) is 152 Å². The molecule has 0 radical (unpaired) electrons. The lowest BCUT2D eigenvalue weighted by molar-refractivity contribution is 0.668. The highest BCUT2D eigenvalue weighted by Gasteiger charge is 2.25. The van der Waals surface area contributed by atoms with Crippen LogP contribution in [0.1, 0.15) is 22.9 Å². The molecule has 1 aliphatic heterocycles. The smallest absolute Gasteiger partial charge is 0.170 e. The van der Waals surface area contributed by atoms with E-state index in [4.69, 9.17) is 14.4 Å². The van der Waals surface area contributed by atoms with Crippen LogP contribution >= 0.6 is 0 Å². The molecule has 0 spiro atoms. The van der Waals surface area contributed by atoms with Gasteiger partial charge < -0.3 is 9.73 Å². The van der Waals surface area contributed by atoms with Crippen molar-refractivity contribution in [3.05, 3.63) is 180 Å². The molecule has 0 aliphatic carbocycles. The van der Waals surface area contributed by atoms with E-state index in [2.05, 4.69) is 145 Å². The molecule has 4 nitrogen and oxygen atoms in total. The van der Waals surface area contributed by atoms with Gasteiger partial charge in [0.05, 0.1) is 0 Å². The van der Waals surface area contributed by atoms with Crippen molar-refractivity contribution >= 4 is 44.4 Å². The Balaban J connectivity index is 1.23. The average Bonchev–Trinajstić information content (AvgIpc) is 3.55. The van der Waals surface area contributed by atoms with Gasteiger partial charge in [0.25, 0.3) is 0 Å². The van der Waals surface area contributed by atoms with Crippen LogP contribution in [0.15, 0.2) is 178 Å². The monoisotopic (exact) mass is 603 g/mol. The number of para-hydroxylation sites is 1. The van der Waals surface area contributed by atoms with E-state index in [0.29, 0.717) is 0 Å². The van der Waals surface area contributed by atoms with Crippen LogP contribution in [0.5, 0.6) is 0 Å². The minimum atomic E-state index is -0.491. The summed E-state index contributed by atoms with van der Waals surface area (Å²) in [4.78, 5) is 10.6. The number of nitrogens with zero attached hydrogens (tertiary/aromatic N) is 2. The first-order valence-electron chi connectivity index (χ1n) is 15.9. The molecule has 1 unspecified atom stereocenters. The van der Waals surface area contributed by atoms with E-state index in [1.165, 1.54) is 10.9 Å². The van der Waals surface area contributed by atoms with Crippen LogP contribution in [0, 0.1) is 0 Å². The summed E-state index contributed by atoms with van der Waals surface area (Å²) < 4.78 is 6.58. The van der Waals surface area contributed by atoms with Gasteiger partial charge in [0.2, 0.25) is 0 Å². The fourth-order valence-electron chi connectivity index (χ4n) is 6.58. The Hall–Kier alpha value is -6.26. The Morgan fingerprint density at radius 2 is 1.06 bits per heavy atom. The van der Waals surface area contributed by atoms with E-state index in [0.717, 1.165) is 72.4 Å². The van der Waals surface area contributed by atoms with Crippen molar-refractivity contribution in [3.63, 3.8) is 0 Å². The molecular weight excluding hydrogens is 574 g/mol. The van der Waals surface area contributed by atoms with Gasteiger partial charge >= 0.3 is 0 Å². The molecule has 1 N–H and O–H groups in total. The lowest BCUT2D eigenvalue weighted by Gasteiger charge is -2.23. The molecule has 2 heterocycles. The second kappa shape index (κ2) is 11.3. The normalized spacial score (nSPS) is 14.6. The summed E-state index contributed by atoms with van der Waals surface area (Å²) in [5.74, 6) is 1.56. The maximum atomic E-state index is 6.58. The maximum absolute atomic E-state index is 6.58. The fourth-order valence-corrected chi connectivity index (χ4v) is 6.58. The molecule has 0 bridgehead atoms. The molecule has 1 atom stereocenters. The summed E-state index contributed by atoms with van der Waals surface area (Å²) in [5.41, 5.74) is 9.21. The number of nitrogens with one attached hydrogen (secondary N) is 1. The summed E-state index contributed by atoms with van der Waals surface area (Å²) in [5, 5.41) is 8.06. The number of benzene rings is 7. The van der Waals surface area contributed by atoms with Crippen LogP contribution in [0.2, 0.25) is 0 Å². The Labute approximate surface area is 272 Å². The Bertz CT molecular complexity index is 2480. The average molecular weight is 604 g/mol. The maximum Gasteiger partial charge on any atom is 0.170 e. The second-order valence-corrected chi connectivity index (χ2v) is 11.8. The van der Waals surface area contributed by atoms with Crippen molar-refractivity contribution in [2.24, 2.45) is 9.98 Å². The largest absolute Gasteiger partial charge is 0.455 e. The molecule has 0 amide bonds. The molecule has 1 aliphatic rings. The van der Waals surface area contributed by atoms with Crippen molar-refractivity contribution in [2.75, 3.05) is 0 Å². The highest BCUT2D eigenvalue weighted by atomic mass is 16.3. The van der Waals surface area contributed by atoms with Crippen LogP contribution in [-0.2, 0) is 0 Å². The molecule has 4 heteroatoms. The molecule has 1 aromatic heterocycles.